The Balaban J connectivity index is 1.97. The average Bonchev–Trinajstić information content (AvgIpc) is 2.90. The van der Waals surface area contributed by atoms with Crippen LogP contribution >= 0.6 is 11.3 Å². The maximum absolute atomic E-state index is 12.1. The van der Waals surface area contributed by atoms with Gasteiger partial charge in [-0.3, -0.25) is 14.9 Å². The highest BCUT2D eigenvalue weighted by Gasteiger charge is 2.23. The van der Waals surface area contributed by atoms with E-state index in [4.69, 9.17) is 0 Å². The van der Waals surface area contributed by atoms with Crippen molar-refractivity contribution in [2.75, 3.05) is 6.54 Å². The van der Waals surface area contributed by atoms with Gasteiger partial charge in [-0.25, -0.2) is 0 Å². The topological polar surface area (TPSA) is 66.4 Å². The molecule has 1 aromatic carbocycles. The van der Waals surface area contributed by atoms with Crippen LogP contribution in [0.4, 0.5) is 0 Å². The van der Waals surface area contributed by atoms with E-state index < -0.39 is 12.0 Å². The van der Waals surface area contributed by atoms with Crippen molar-refractivity contribution < 1.29 is 14.7 Å². The number of nitrogens with one attached hydrogen (secondary N) is 1. The van der Waals surface area contributed by atoms with Crippen molar-refractivity contribution >= 4 is 33.2 Å². The summed E-state index contributed by atoms with van der Waals surface area (Å²) in [6.07, 6.45) is 1.09. The first kappa shape index (κ1) is 16.6. The van der Waals surface area contributed by atoms with E-state index in [1.54, 1.807) is 11.3 Å². The Labute approximate surface area is 134 Å². The number of ketones is 1. The first-order valence-corrected chi connectivity index (χ1v) is 8.33. The highest BCUT2D eigenvalue weighted by molar-refractivity contribution is 7.17. The van der Waals surface area contributed by atoms with E-state index in [9.17, 15) is 14.7 Å². The lowest BCUT2D eigenvalue weighted by atomic mass is 9.99. The number of rotatable bonds is 8. The predicted octanol–water partition coefficient (Wildman–Crippen LogP) is 3.10. The van der Waals surface area contributed by atoms with E-state index in [1.807, 2.05) is 43.5 Å². The number of benzene rings is 1. The number of carboxylic acid groups (broad SMARTS) is 1. The summed E-state index contributed by atoms with van der Waals surface area (Å²) in [4.78, 5) is 23.4. The SMILES string of the molecule is CC[C@H](C)[C@H](NCC(=O)Cc1csc2ccccc12)C(=O)O. The van der Waals surface area contributed by atoms with Gasteiger partial charge >= 0.3 is 5.97 Å². The molecule has 0 aliphatic heterocycles. The van der Waals surface area contributed by atoms with Gasteiger partial charge in [0.05, 0.1) is 6.54 Å². The molecule has 2 rings (SSSR count). The minimum absolute atomic E-state index is 0.00715. The van der Waals surface area contributed by atoms with Crippen molar-refractivity contribution in [3.63, 3.8) is 0 Å². The molecule has 0 fully saturated rings. The van der Waals surface area contributed by atoms with Crippen LogP contribution in [0.3, 0.4) is 0 Å². The van der Waals surface area contributed by atoms with Gasteiger partial charge in [-0.05, 0) is 28.3 Å². The Morgan fingerprint density at radius 1 is 1.32 bits per heavy atom. The van der Waals surface area contributed by atoms with Crippen molar-refractivity contribution in [1.29, 1.82) is 0 Å². The van der Waals surface area contributed by atoms with E-state index >= 15 is 0 Å². The molecule has 4 nitrogen and oxygen atoms in total. The van der Waals surface area contributed by atoms with Gasteiger partial charge in [0.1, 0.15) is 6.04 Å². The molecule has 5 heteroatoms. The van der Waals surface area contributed by atoms with Crippen LogP contribution in [0.15, 0.2) is 29.6 Å². The number of fused-ring (bicyclic) bond motifs is 1. The minimum Gasteiger partial charge on any atom is -0.480 e. The van der Waals surface area contributed by atoms with Gasteiger partial charge in [0.15, 0.2) is 5.78 Å². The van der Waals surface area contributed by atoms with E-state index in [0.717, 1.165) is 17.4 Å². The van der Waals surface area contributed by atoms with Crippen LogP contribution in [0.5, 0.6) is 0 Å². The predicted molar refractivity (Wildman–Crippen MR) is 89.4 cm³/mol. The molecule has 2 aromatic rings. The van der Waals surface area contributed by atoms with Gasteiger partial charge in [0.25, 0.3) is 0 Å². The molecule has 0 saturated heterocycles. The number of thiophene rings is 1. The average molecular weight is 319 g/mol. The van der Waals surface area contributed by atoms with E-state index in [2.05, 4.69) is 5.32 Å². The molecule has 2 N–H and O–H groups in total. The summed E-state index contributed by atoms with van der Waals surface area (Å²) in [7, 11) is 0. The largest absolute Gasteiger partial charge is 0.480 e. The van der Waals surface area contributed by atoms with Gasteiger partial charge in [-0.1, -0.05) is 38.5 Å². The Morgan fingerprint density at radius 3 is 2.73 bits per heavy atom. The van der Waals surface area contributed by atoms with Gasteiger partial charge in [-0.15, -0.1) is 11.3 Å². The van der Waals surface area contributed by atoms with Crippen molar-refractivity contribution in [2.24, 2.45) is 5.92 Å². The molecule has 0 spiro atoms. The zero-order chi connectivity index (χ0) is 16.1. The second-order valence-electron chi connectivity index (χ2n) is 5.55. The fourth-order valence-corrected chi connectivity index (χ4v) is 3.40. The quantitative estimate of drug-likeness (QED) is 0.784. The lowest BCUT2D eigenvalue weighted by molar-refractivity contribution is -0.140. The number of Topliss-reactive ketones (excluding diaryl/α,β-unsaturated/α-hetero) is 1. The monoisotopic (exact) mass is 319 g/mol. The third-order valence-corrected chi connectivity index (χ3v) is 4.96. The first-order valence-electron chi connectivity index (χ1n) is 7.46. The fraction of sp³-hybridized carbons (Fsp3) is 0.412. The van der Waals surface area contributed by atoms with E-state index in [-0.39, 0.29) is 18.2 Å². The van der Waals surface area contributed by atoms with Crippen LogP contribution in [0.25, 0.3) is 10.1 Å². The highest BCUT2D eigenvalue weighted by atomic mass is 32.1. The minimum atomic E-state index is -0.900. The molecule has 0 aliphatic rings. The summed E-state index contributed by atoms with van der Waals surface area (Å²) in [5.41, 5.74) is 1.02. The first-order chi connectivity index (χ1) is 10.5. The fourth-order valence-electron chi connectivity index (χ4n) is 2.44. The molecule has 0 saturated carbocycles. The summed E-state index contributed by atoms with van der Waals surface area (Å²) < 4.78 is 1.17. The number of hydrogen-bond donors (Lipinski definition) is 2. The number of carbonyl (C=O) groups excluding carboxylic acids is 1. The van der Waals surface area contributed by atoms with Crippen molar-refractivity contribution in [2.45, 2.75) is 32.7 Å². The summed E-state index contributed by atoms with van der Waals surface area (Å²) in [5, 5.41) is 15.2. The molecule has 0 unspecified atom stereocenters. The summed E-state index contributed by atoms with van der Waals surface area (Å²) >= 11 is 1.63. The molecule has 1 heterocycles. The van der Waals surface area contributed by atoms with Gasteiger partial charge in [-0.2, -0.15) is 0 Å². The smallest absolute Gasteiger partial charge is 0.320 e. The normalized spacial score (nSPS) is 13.9. The third-order valence-electron chi connectivity index (χ3n) is 3.95. The Bertz CT molecular complexity index is 665. The van der Waals surface area contributed by atoms with Crippen LogP contribution in [0.1, 0.15) is 25.8 Å². The van der Waals surface area contributed by atoms with Crippen molar-refractivity contribution in [1.82, 2.24) is 5.32 Å². The molecule has 22 heavy (non-hydrogen) atoms. The van der Waals surface area contributed by atoms with E-state index in [1.165, 1.54) is 4.70 Å². The molecular weight excluding hydrogens is 298 g/mol. The lowest BCUT2D eigenvalue weighted by Crippen LogP contribution is -2.44. The molecule has 0 bridgehead atoms. The number of carboxylic acids is 1. The molecule has 2 atom stereocenters. The lowest BCUT2D eigenvalue weighted by Gasteiger charge is -2.19. The number of hydrogen-bond acceptors (Lipinski definition) is 4. The standard InChI is InChI=1S/C17H21NO3S/c1-3-11(2)16(17(20)21)18-9-13(19)8-12-10-22-15-7-5-4-6-14(12)15/h4-7,10-11,16,18H,3,8-9H2,1-2H3,(H,20,21)/t11-,16-/m0/s1. The van der Waals surface area contributed by atoms with Crippen LogP contribution in [0, 0.1) is 5.92 Å². The third kappa shape index (κ3) is 3.93. The van der Waals surface area contributed by atoms with Crippen molar-refractivity contribution in [3.8, 4) is 0 Å². The summed E-state index contributed by atoms with van der Waals surface area (Å²) in [5.74, 6) is -0.895. The maximum Gasteiger partial charge on any atom is 0.320 e. The van der Waals surface area contributed by atoms with Gasteiger partial charge in [0.2, 0.25) is 0 Å². The molecular formula is C17H21NO3S. The second-order valence-corrected chi connectivity index (χ2v) is 6.47. The molecule has 0 amide bonds. The number of aliphatic carboxylic acids is 1. The van der Waals surface area contributed by atoms with Crippen LogP contribution < -0.4 is 5.32 Å². The van der Waals surface area contributed by atoms with Gasteiger partial charge < -0.3 is 5.11 Å². The maximum atomic E-state index is 12.1. The Kier molecular flexibility index (Phi) is 5.69. The van der Waals surface area contributed by atoms with E-state index in [0.29, 0.717) is 6.42 Å². The number of carbonyl (C=O) groups is 2. The molecule has 0 aliphatic carbocycles. The van der Waals surface area contributed by atoms with Crippen molar-refractivity contribution in [3.05, 3.63) is 35.2 Å². The van der Waals surface area contributed by atoms with Gasteiger partial charge in [0, 0.05) is 11.1 Å². The van der Waals surface area contributed by atoms with Crippen LogP contribution in [-0.4, -0.2) is 29.4 Å². The van der Waals surface area contributed by atoms with Crippen LogP contribution in [0.2, 0.25) is 0 Å². The summed E-state index contributed by atoms with van der Waals surface area (Å²) in [6, 6.07) is 7.32. The van der Waals surface area contributed by atoms with Crippen LogP contribution in [-0.2, 0) is 16.0 Å². The Hall–Kier alpha value is -1.72. The Morgan fingerprint density at radius 2 is 2.05 bits per heavy atom. The second kappa shape index (κ2) is 7.51. The highest BCUT2D eigenvalue weighted by Crippen LogP contribution is 2.25. The molecule has 0 radical (unpaired) electrons. The zero-order valence-corrected chi connectivity index (χ0v) is 13.7. The molecule has 1 aromatic heterocycles. The zero-order valence-electron chi connectivity index (χ0n) is 12.8. The summed E-state index contributed by atoms with van der Waals surface area (Å²) in [6.45, 7) is 3.91. The molecule has 118 valence electrons.